The summed E-state index contributed by atoms with van der Waals surface area (Å²) < 4.78 is 19.9. The molecular weight excluding hydrogens is 518 g/mol. The molecule has 0 radical (unpaired) electrons. The summed E-state index contributed by atoms with van der Waals surface area (Å²) in [6, 6.07) is -0.958. The minimum atomic E-state index is -1.27. The number of aromatic nitrogens is 1. The number of nitrogens with zero attached hydrogens (tertiary/aromatic N) is 3. The number of amides is 2. The second-order valence-corrected chi connectivity index (χ2v) is 9.21. The van der Waals surface area contributed by atoms with Gasteiger partial charge in [0.15, 0.2) is 10.8 Å². The number of carbonyl (C=O) groups is 4. The second-order valence-electron chi connectivity index (χ2n) is 7.21. The molecular formula is C20H25N5O9S2. The number of thiazole rings is 1. The Hall–Kier alpha value is -3.37. The molecule has 3 atom stereocenters. The van der Waals surface area contributed by atoms with Gasteiger partial charge in [0.1, 0.15) is 29.9 Å². The zero-order chi connectivity index (χ0) is 26.4. The van der Waals surface area contributed by atoms with Gasteiger partial charge in [-0.2, -0.15) is 0 Å². The third kappa shape index (κ3) is 5.88. The van der Waals surface area contributed by atoms with Crippen LogP contribution in [0, 0.1) is 0 Å². The smallest absolute Gasteiger partial charge is 0.435 e. The number of hydrogen-bond donors (Lipinski definition) is 2. The molecule has 0 spiro atoms. The van der Waals surface area contributed by atoms with Crippen LogP contribution in [0.4, 0.5) is 9.93 Å². The molecule has 2 unspecified atom stereocenters. The highest BCUT2D eigenvalue weighted by Crippen LogP contribution is 2.41. The lowest BCUT2D eigenvalue weighted by Crippen LogP contribution is -2.71. The highest BCUT2D eigenvalue weighted by atomic mass is 32.2. The van der Waals surface area contributed by atoms with Gasteiger partial charge in [0.25, 0.3) is 11.8 Å². The lowest BCUT2D eigenvalue weighted by atomic mass is 10.0. The average molecular weight is 544 g/mol. The number of fused-ring (bicyclic) bond motifs is 1. The van der Waals surface area contributed by atoms with E-state index in [0.717, 1.165) is 11.3 Å². The molecule has 1 aromatic heterocycles. The van der Waals surface area contributed by atoms with Gasteiger partial charge >= 0.3 is 12.1 Å². The number of carbonyl (C=O) groups excluding carboxylic acids is 4. The van der Waals surface area contributed by atoms with E-state index in [-0.39, 0.29) is 35.4 Å². The highest BCUT2D eigenvalue weighted by Gasteiger charge is 2.55. The van der Waals surface area contributed by atoms with Gasteiger partial charge in [0, 0.05) is 25.2 Å². The molecule has 0 aliphatic carbocycles. The van der Waals surface area contributed by atoms with E-state index in [2.05, 4.69) is 20.2 Å². The van der Waals surface area contributed by atoms with Crippen LogP contribution >= 0.6 is 23.1 Å². The van der Waals surface area contributed by atoms with Gasteiger partial charge in [-0.25, -0.2) is 14.6 Å². The topological polar surface area (TPSA) is 181 Å². The maximum Gasteiger partial charge on any atom is 0.511 e. The van der Waals surface area contributed by atoms with Crippen molar-refractivity contribution >= 4 is 57.9 Å². The predicted octanol–water partition coefficient (Wildman–Crippen LogP) is 0.439. The summed E-state index contributed by atoms with van der Waals surface area (Å²) >= 11 is 2.45. The summed E-state index contributed by atoms with van der Waals surface area (Å²) in [5, 5.41) is 7.48. The van der Waals surface area contributed by atoms with Crippen LogP contribution in [0.1, 0.15) is 19.5 Å². The van der Waals surface area contributed by atoms with Crippen molar-refractivity contribution < 1.29 is 43.0 Å². The number of thioether (sulfide) groups is 1. The molecule has 1 aromatic rings. The lowest BCUT2D eigenvalue weighted by molar-refractivity contribution is -0.169. The van der Waals surface area contributed by atoms with E-state index in [4.69, 9.17) is 24.8 Å². The quantitative estimate of drug-likeness (QED) is 0.137. The van der Waals surface area contributed by atoms with Gasteiger partial charge < -0.3 is 34.8 Å². The molecule has 14 nitrogen and oxygen atoms in total. The molecule has 3 N–H and O–H groups in total. The zero-order valence-electron chi connectivity index (χ0n) is 19.8. The Bertz CT molecular complexity index is 1090. The van der Waals surface area contributed by atoms with Gasteiger partial charge in [-0.1, -0.05) is 5.16 Å². The average Bonchev–Trinajstić information content (AvgIpc) is 3.26. The summed E-state index contributed by atoms with van der Waals surface area (Å²) in [6.07, 6.45) is -2.27. The van der Waals surface area contributed by atoms with Crippen molar-refractivity contribution in [3.8, 4) is 0 Å². The normalized spacial score (nSPS) is 20.2. The molecule has 2 aliphatic heterocycles. The fourth-order valence-corrected chi connectivity index (χ4v) is 5.25. The van der Waals surface area contributed by atoms with Crippen molar-refractivity contribution in [2.45, 2.75) is 31.6 Å². The first-order valence-corrected chi connectivity index (χ1v) is 12.5. The number of nitrogen functional groups attached to an aromatic ring is 1. The van der Waals surface area contributed by atoms with Gasteiger partial charge in [-0.15, -0.1) is 23.1 Å². The molecule has 0 bridgehead atoms. The number of anilines is 1. The summed E-state index contributed by atoms with van der Waals surface area (Å²) in [7, 11) is 2.71. The Balaban J connectivity index is 1.75. The SMILES string of the molecule is CCOC(=O)OC(C)OC(=O)C1=C(COC)CS[C@@H]2C(NC(=O)C(=NOC)c3csc(N)n3)C(=O)N12. The fraction of sp³-hybridized carbons (Fsp3) is 0.500. The first-order valence-electron chi connectivity index (χ1n) is 10.5. The third-order valence-corrected chi connectivity index (χ3v) is 6.82. The largest absolute Gasteiger partial charge is 0.511 e. The van der Waals surface area contributed by atoms with Gasteiger partial charge in [0.05, 0.1) is 13.2 Å². The number of oxime groups is 1. The molecule has 1 saturated heterocycles. The molecule has 2 aliphatic rings. The molecule has 36 heavy (non-hydrogen) atoms. The summed E-state index contributed by atoms with van der Waals surface area (Å²) in [5.74, 6) is -1.81. The maximum absolute atomic E-state index is 13.1. The van der Waals surface area contributed by atoms with E-state index in [0.29, 0.717) is 11.3 Å². The number of ether oxygens (including phenoxy) is 4. The van der Waals surface area contributed by atoms with Crippen molar-refractivity contribution in [1.29, 1.82) is 0 Å². The Morgan fingerprint density at radius 3 is 2.69 bits per heavy atom. The first kappa shape index (κ1) is 27.2. The zero-order valence-corrected chi connectivity index (χ0v) is 21.5. The molecule has 196 valence electrons. The van der Waals surface area contributed by atoms with E-state index in [9.17, 15) is 19.2 Å². The molecule has 0 saturated carbocycles. The third-order valence-electron chi connectivity index (χ3n) is 4.81. The van der Waals surface area contributed by atoms with Gasteiger partial charge in [-0.05, 0) is 12.5 Å². The van der Waals surface area contributed by atoms with Gasteiger partial charge in [0.2, 0.25) is 6.29 Å². The van der Waals surface area contributed by atoms with Crippen molar-refractivity contribution in [2.24, 2.45) is 5.16 Å². The minimum absolute atomic E-state index is 0.0338. The van der Waals surface area contributed by atoms with E-state index >= 15 is 0 Å². The van der Waals surface area contributed by atoms with Crippen LogP contribution < -0.4 is 11.1 Å². The first-order chi connectivity index (χ1) is 17.2. The predicted molar refractivity (Wildman–Crippen MR) is 128 cm³/mol. The summed E-state index contributed by atoms with van der Waals surface area (Å²) in [4.78, 5) is 60.4. The lowest BCUT2D eigenvalue weighted by Gasteiger charge is -2.49. The van der Waals surface area contributed by atoms with Crippen LogP contribution in [0.25, 0.3) is 0 Å². The molecule has 3 heterocycles. The standard InChI is InChI=1S/C20H25N5O9S2/c1-5-32-20(29)34-9(2)33-18(28)14-10(6-30-3)7-35-17-13(16(27)25(14)17)23-15(26)12(24-31-4)11-8-36-19(21)22-11/h8-9,13,17H,5-7H2,1-4H3,(H2,21,22)(H,23,26)/t9?,13?,17-/m1/s1. The number of nitrogens with one attached hydrogen (secondary N) is 1. The Kier molecular flexibility index (Phi) is 9.11. The molecule has 2 amide bonds. The van der Waals surface area contributed by atoms with Crippen LogP contribution in [-0.2, 0) is 38.2 Å². The molecule has 16 heteroatoms. The van der Waals surface area contributed by atoms with Crippen LogP contribution in [0.15, 0.2) is 21.8 Å². The van der Waals surface area contributed by atoms with Crippen molar-refractivity contribution in [2.75, 3.05) is 38.9 Å². The number of methoxy groups -OCH3 is 1. The molecule has 3 rings (SSSR count). The second kappa shape index (κ2) is 12.0. The Morgan fingerprint density at radius 1 is 1.33 bits per heavy atom. The summed E-state index contributed by atoms with van der Waals surface area (Å²) in [5.41, 5.74) is 6.15. The van der Waals surface area contributed by atoms with E-state index in [1.165, 1.54) is 43.2 Å². The minimum Gasteiger partial charge on any atom is -0.435 e. The van der Waals surface area contributed by atoms with Crippen molar-refractivity contribution in [3.05, 3.63) is 22.3 Å². The van der Waals surface area contributed by atoms with Crippen LogP contribution in [-0.4, -0.2) is 90.4 Å². The number of β-lactam (4-membered cyclic amide) rings is 1. The molecule has 0 aromatic carbocycles. The van der Waals surface area contributed by atoms with E-state index in [1.54, 1.807) is 6.92 Å². The highest BCUT2D eigenvalue weighted by molar-refractivity contribution is 8.00. The number of hydrogen-bond acceptors (Lipinski definition) is 14. The van der Waals surface area contributed by atoms with Crippen molar-refractivity contribution in [3.63, 3.8) is 0 Å². The Labute approximate surface area is 214 Å². The Morgan fingerprint density at radius 2 is 2.08 bits per heavy atom. The van der Waals surface area contributed by atoms with E-state index in [1.807, 2.05) is 0 Å². The molecule has 1 fully saturated rings. The summed E-state index contributed by atoms with van der Waals surface area (Å²) in [6.45, 7) is 3.08. The monoisotopic (exact) mass is 543 g/mol. The number of esters is 1. The van der Waals surface area contributed by atoms with E-state index < -0.39 is 41.6 Å². The number of rotatable bonds is 10. The van der Waals surface area contributed by atoms with Crippen LogP contribution in [0.2, 0.25) is 0 Å². The fourth-order valence-electron chi connectivity index (χ4n) is 3.38. The van der Waals surface area contributed by atoms with Crippen LogP contribution in [0.5, 0.6) is 0 Å². The van der Waals surface area contributed by atoms with Gasteiger partial charge in [-0.3, -0.25) is 14.5 Å². The van der Waals surface area contributed by atoms with Crippen molar-refractivity contribution in [1.82, 2.24) is 15.2 Å². The number of nitrogens with two attached hydrogens (primary N) is 1. The maximum atomic E-state index is 13.1. The van der Waals surface area contributed by atoms with Crippen LogP contribution in [0.3, 0.4) is 0 Å².